The Morgan fingerprint density at radius 1 is 1.46 bits per heavy atom. The number of nitrogens with one attached hydrogen (secondary N) is 1. The predicted molar refractivity (Wildman–Crippen MR) is 101 cm³/mol. The Balaban J connectivity index is 1.97. The number of thiazole rings is 1. The van der Waals surface area contributed by atoms with E-state index < -0.39 is 0 Å². The van der Waals surface area contributed by atoms with Gasteiger partial charge in [-0.3, -0.25) is 4.99 Å². The average molecular weight is 349 g/mol. The van der Waals surface area contributed by atoms with Gasteiger partial charge in [0.15, 0.2) is 5.96 Å². The number of hydrogen-bond acceptors (Lipinski definition) is 4. The first-order valence-corrected chi connectivity index (χ1v) is 9.42. The number of rotatable bonds is 8. The number of guanidine groups is 1. The van der Waals surface area contributed by atoms with Gasteiger partial charge >= 0.3 is 0 Å². The summed E-state index contributed by atoms with van der Waals surface area (Å²) in [6.45, 7) is 8.16. The highest BCUT2D eigenvalue weighted by molar-refractivity contribution is 7.09. The molecule has 0 aliphatic carbocycles. The van der Waals surface area contributed by atoms with Crippen molar-refractivity contribution >= 4 is 17.3 Å². The van der Waals surface area contributed by atoms with Gasteiger partial charge in [-0.1, -0.05) is 13.8 Å². The molecule has 2 unspecified atom stereocenters. The van der Waals surface area contributed by atoms with Crippen LogP contribution in [0.15, 0.2) is 39.4 Å². The van der Waals surface area contributed by atoms with E-state index in [-0.39, 0.29) is 0 Å². The zero-order valence-electron chi connectivity index (χ0n) is 15.0. The number of furan rings is 1. The molecule has 0 amide bonds. The monoisotopic (exact) mass is 348 g/mol. The molecule has 0 spiro atoms. The summed E-state index contributed by atoms with van der Waals surface area (Å²) >= 11 is 1.71. The van der Waals surface area contributed by atoms with Crippen molar-refractivity contribution in [2.24, 2.45) is 4.99 Å². The molecule has 0 radical (unpaired) electrons. The molecule has 5 nitrogen and oxygen atoms in total. The van der Waals surface area contributed by atoms with Crippen molar-refractivity contribution in [2.75, 3.05) is 20.1 Å². The van der Waals surface area contributed by atoms with Crippen molar-refractivity contribution in [1.29, 1.82) is 0 Å². The van der Waals surface area contributed by atoms with Crippen LogP contribution in [0.5, 0.6) is 0 Å². The Morgan fingerprint density at radius 2 is 2.29 bits per heavy atom. The fourth-order valence-electron chi connectivity index (χ4n) is 2.38. The molecular weight excluding hydrogens is 320 g/mol. The van der Waals surface area contributed by atoms with E-state index >= 15 is 0 Å². The third kappa shape index (κ3) is 5.67. The largest absolute Gasteiger partial charge is 0.469 e. The van der Waals surface area contributed by atoms with Gasteiger partial charge in [-0.25, -0.2) is 4.98 Å². The summed E-state index contributed by atoms with van der Waals surface area (Å²) in [6, 6.07) is 4.30. The highest BCUT2D eigenvalue weighted by Gasteiger charge is 2.15. The van der Waals surface area contributed by atoms with Crippen LogP contribution in [0.1, 0.15) is 43.9 Å². The van der Waals surface area contributed by atoms with Crippen LogP contribution >= 0.6 is 11.3 Å². The molecule has 1 N–H and O–H groups in total. The van der Waals surface area contributed by atoms with Crippen LogP contribution in [-0.2, 0) is 6.42 Å². The maximum atomic E-state index is 5.38. The minimum absolute atomic E-state index is 0.379. The fourth-order valence-corrected chi connectivity index (χ4v) is 3.07. The molecule has 0 aromatic carbocycles. The zero-order chi connectivity index (χ0) is 17.4. The lowest BCUT2D eigenvalue weighted by atomic mass is 10.2. The number of aromatic nitrogens is 1. The molecule has 24 heavy (non-hydrogen) atoms. The second-order valence-electron chi connectivity index (χ2n) is 6.14. The molecule has 0 bridgehead atoms. The first kappa shape index (κ1) is 18.5. The van der Waals surface area contributed by atoms with Gasteiger partial charge in [-0.05, 0) is 25.5 Å². The lowest BCUT2D eigenvalue weighted by Crippen LogP contribution is -2.44. The summed E-state index contributed by atoms with van der Waals surface area (Å²) in [5.74, 6) is 2.30. The Hall–Kier alpha value is -1.82. The van der Waals surface area contributed by atoms with E-state index in [1.54, 1.807) is 17.6 Å². The Bertz CT molecular complexity index is 595. The van der Waals surface area contributed by atoms with Gasteiger partial charge in [0.1, 0.15) is 5.76 Å². The first-order chi connectivity index (χ1) is 11.6. The average Bonchev–Trinajstić information content (AvgIpc) is 3.27. The molecule has 0 aliphatic rings. The Kier molecular flexibility index (Phi) is 7.31. The Morgan fingerprint density at radius 3 is 2.92 bits per heavy atom. The Labute approximate surface area is 148 Å². The van der Waals surface area contributed by atoms with Crippen LogP contribution < -0.4 is 5.32 Å². The summed E-state index contributed by atoms with van der Waals surface area (Å²) in [4.78, 5) is 11.4. The van der Waals surface area contributed by atoms with Crippen molar-refractivity contribution in [3.8, 4) is 0 Å². The SMILES string of the molecule is CCC(C)NC(=NCCc1ccco1)N(C)CC(C)c1nccs1. The minimum atomic E-state index is 0.379. The van der Waals surface area contributed by atoms with E-state index in [2.05, 4.69) is 43.0 Å². The van der Waals surface area contributed by atoms with E-state index in [4.69, 9.17) is 9.41 Å². The quantitative estimate of drug-likeness (QED) is 0.583. The molecule has 0 aliphatic heterocycles. The standard InChI is InChI=1S/C18H28N4OS/c1-5-15(3)21-18(20-9-8-16-7-6-11-23-16)22(4)13-14(2)17-19-10-12-24-17/h6-7,10-12,14-15H,5,8-9,13H2,1-4H3,(H,20,21). The lowest BCUT2D eigenvalue weighted by molar-refractivity contribution is 0.433. The highest BCUT2D eigenvalue weighted by atomic mass is 32.1. The van der Waals surface area contributed by atoms with Crippen LogP contribution in [0, 0.1) is 0 Å². The first-order valence-electron chi connectivity index (χ1n) is 8.54. The van der Waals surface area contributed by atoms with E-state index in [1.807, 2.05) is 23.7 Å². The van der Waals surface area contributed by atoms with Gasteiger partial charge < -0.3 is 14.6 Å². The normalized spacial score (nSPS) is 14.4. The number of likely N-dealkylation sites (N-methyl/N-ethyl adjacent to an activating group) is 1. The van der Waals surface area contributed by atoms with E-state index in [0.717, 1.165) is 31.1 Å². The summed E-state index contributed by atoms with van der Waals surface area (Å²) in [5.41, 5.74) is 0. The van der Waals surface area contributed by atoms with Gasteiger partial charge in [0.2, 0.25) is 0 Å². The van der Waals surface area contributed by atoms with Gasteiger partial charge in [-0.2, -0.15) is 0 Å². The molecule has 2 heterocycles. The van der Waals surface area contributed by atoms with Crippen molar-refractivity contribution in [3.05, 3.63) is 40.7 Å². The predicted octanol–water partition coefficient (Wildman–Crippen LogP) is 3.76. The number of nitrogens with zero attached hydrogens (tertiary/aromatic N) is 3. The molecule has 2 aromatic rings. The van der Waals surface area contributed by atoms with Gasteiger partial charge in [-0.15, -0.1) is 11.3 Å². The molecule has 2 rings (SSSR count). The van der Waals surface area contributed by atoms with Crippen LogP contribution in [0.2, 0.25) is 0 Å². The topological polar surface area (TPSA) is 53.7 Å². The summed E-state index contributed by atoms with van der Waals surface area (Å²) in [6.07, 6.45) is 5.45. The molecule has 0 fully saturated rings. The molecule has 2 aromatic heterocycles. The van der Waals surface area contributed by atoms with Crippen LogP contribution in [0.4, 0.5) is 0 Å². The summed E-state index contributed by atoms with van der Waals surface area (Å²) in [7, 11) is 2.09. The fraction of sp³-hybridized carbons (Fsp3) is 0.556. The van der Waals surface area contributed by atoms with Crippen molar-refractivity contribution in [1.82, 2.24) is 15.2 Å². The molecule has 6 heteroatoms. The van der Waals surface area contributed by atoms with Crippen molar-refractivity contribution in [2.45, 2.75) is 45.6 Å². The van der Waals surface area contributed by atoms with Gasteiger partial charge in [0.25, 0.3) is 0 Å². The highest BCUT2D eigenvalue weighted by Crippen LogP contribution is 2.18. The maximum Gasteiger partial charge on any atom is 0.193 e. The van der Waals surface area contributed by atoms with E-state index in [9.17, 15) is 0 Å². The van der Waals surface area contributed by atoms with Crippen LogP contribution in [0.3, 0.4) is 0 Å². The molecule has 2 atom stereocenters. The maximum absolute atomic E-state index is 5.38. The second-order valence-corrected chi connectivity index (χ2v) is 7.07. The van der Waals surface area contributed by atoms with E-state index in [1.165, 1.54) is 5.01 Å². The molecule has 0 saturated heterocycles. The smallest absolute Gasteiger partial charge is 0.193 e. The lowest BCUT2D eigenvalue weighted by Gasteiger charge is -2.27. The van der Waals surface area contributed by atoms with Crippen molar-refractivity contribution in [3.63, 3.8) is 0 Å². The van der Waals surface area contributed by atoms with Crippen molar-refractivity contribution < 1.29 is 4.42 Å². The molecular formula is C18H28N4OS. The molecule has 132 valence electrons. The minimum Gasteiger partial charge on any atom is -0.469 e. The van der Waals surface area contributed by atoms with Gasteiger partial charge in [0.05, 0.1) is 11.3 Å². The summed E-state index contributed by atoms with van der Waals surface area (Å²) in [5, 5.41) is 6.72. The third-order valence-electron chi connectivity index (χ3n) is 3.97. The second kappa shape index (κ2) is 9.47. The number of hydrogen-bond donors (Lipinski definition) is 1. The van der Waals surface area contributed by atoms with Gasteiger partial charge in [0, 0.05) is 50.1 Å². The zero-order valence-corrected chi connectivity index (χ0v) is 15.8. The van der Waals surface area contributed by atoms with E-state index in [0.29, 0.717) is 18.5 Å². The molecule has 0 saturated carbocycles. The summed E-state index contributed by atoms with van der Waals surface area (Å²) < 4.78 is 5.38. The number of aliphatic imine (C=N–C) groups is 1. The third-order valence-corrected chi connectivity index (χ3v) is 4.98. The van der Waals surface area contributed by atoms with Crippen LogP contribution in [-0.4, -0.2) is 42.0 Å². The van der Waals surface area contributed by atoms with Crippen LogP contribution in [0.25, 0.3) is 0 Å².